The minimum Gasteiger partial charge on any atom is -0.368 e. The number of rotatable bonds is 4. The summed E-state index contributed by atoms with van der Waals surface area (Å²) in [5.41, 5.74) is 6.63. The lowest BCUT2D eigenvalue weighted by Gasteiger charge is -2.11. The summed E-state index contributed by atoms with van der Waals surface area (Å²) in [6.07, 6.45) is 4.70. The van der Waals surface area contributed by atoms with Gasteiger partial charge < -0.3 is 10.6 Å². The maximum absolute atomic E-state index is 14.4. The van der Waals surface area contributed by atoms with Gasteiger partial charge >= 0.3 is 0 Å². The average molecular weight is 350 g/mol. The highest BCUT2D eigenvalue weighted by atomic mass is 19.1. The predicted octanol–water partition coefficient (Wildman–Crippen LogP) is 1.91. The van der Waals surface area contributed by atoms with E-state index in [4.69, 9.17) is 5.73 Å². The van der Waals surface area contributed by atoms with Crippen molar-refractivity contribution in [2.24, 2.45) is 0 Å². The van der Waals surface area contributed by atoms with E-state index >= 15 is 0 Å². The SMILES string of the molecule is CN(C)c1nc(N)nc(/C(C#N)=C/c2ccc(-n3cccn3)c(F)c2)n1. The Labute approximate surface area is 149 Å². The van der Waals surface area contributed by atoms with Gasteiger partial charge in [0.25, 0.3) is 0 Å². The summed E-state index contributed by atoms with van der Waals surface area (Å²) in [5, 5.41) is 13.5. The molecular weight excluding hydrogens is 335 g/mol. The average Bonchev–Trinajstić information content (AvgIpc) is 3.13. The highest BCUT2D eigenvalue weighted by Gasteiger charge is 2.12. The molecule has 130 valence electrons. The van der Waals surface area contributed by atoms with Crippen molar-refractivity contribution in [3.63, 3.8) is 0 Å². The van der Waals surface area contributed by atoms with Crippen LogP contribution < -0.4 is 10.6 Å². The van der Waals surface area contributed by atoms with Crippen LogP contribution in [0.15, 0.2) is 36.7 Å². The van der Waals surface area contributed by atoms with E-state index in [0.29, 0.717) is 17.2 Å². The summed E-state index contributed by atoms with van der Waals surface area (Å²) < 4.78 is 15.8. The second-order valence-electron chi connectivity index (χ2n) is 5.54. The molecule has 2 heterocycles. The molecule has 0 bridgehead atoms. The third-order valence-electron chi connectivity index (χ3n) is 3.44. The number of nitriles is 1. The number of nitrogens with two attached hydrogens (primary N) is 1. The molecule has 0 aliphatic rings. The molecule has 9 heteroatoms. The number of halogens is 1. The van der Waals surface area contributed by atoms with E-state index in [0.717, 1.165) is 0 Å². The molecule has 0 atom stereocenters. The Balaban J connectivity index is 2.00. The van der Waals surface area contributed by atoms with Crippen LogP contribution in [0.3, 0.4) is 0 Å². The van der Waals surface area contributed by atoms with Crippen molar-refractivity contribution >= 4 is 23.5 Å². The Hall–Kier alpha value is -3.80. The maximum atomic E-state index is 14.4. The van der Waals surface area contributed by atoms with E-state index in [1.807, 2.05) is 6.07 Å². The molecule has 0 aliphatic carbocycles. The quantitative estimate of drug-likeness (QED) is 0.716. The molecule has 0 spiro atoms. The van der Waals surface area contributed by atoms with Crippen molar-refractivity contribution < 1.29 is 4.39 Å². The van der Waals surface area contributed by atoms with E-state index in [-0.39, 0.29) is 17.3 Å². The van der Waals surface area contributed by atoms with Crippen LogP contribution in [0.1, 0.15) is 11.4 Å². The van der Waals surface area contributed by atoms with Gasteiger partial charge in [0, 0.05) is 26.5 Å². The number of aromatic nitrogens is 5. The number of benzene rings is 1. The van der Waals surface area contributed by atoms with Crippen LogP contribution in [0.4, 0.5) is 16.3 Å². The largest absolute Gasteiger partial charge is 0.368 e. The van der Waals surface area contributed by atoms with Gasteiger partial charge in [-0.3, -0.25) is 0 Å². The van der Waals surface area contributed by atoms with E-state index in [1.165, 1.54) is 16.8 Å². The molecule has 3 rings (SSSR count). The fourth-order valence-corrected chi connectivity index (χ4v) is 2.22. The molecule has 0 saturated heterocycles. The fraction of sp³-hybridized carbons (Fsp3) is 0.118. The standard InChI is InChI=1S/C17H15FN8/c1-25(2)17-23-15(22-16(20)24-17)12(10-19)8-11-4-5-14(13(18)9-11)26-7-3-6-21-26/h3-9H,1-2H3,(H2,20,22,23,24)/b12-8+. The van der Waals surface area contributed by atoms with E-state index in [1.54, 1.807) is 49.6 Å². The van der Waals surface area contributed by atoms with Gasteiger partial charge in [0.2, 0.25) is 11.9 Å². The number of nitrogens with zero attached hydrogens (tertiary/aromatic N) is 7. The normalized spacial score (nSPS) is 11.2. The topological polar surface area (TPSA) is 110 Å². The van der Waals surface area contributed by atoms with Gasteiger partial charge in [-0.05, 0) is 29.8 Å². The molecule has 8 nitrogen and oxygen atoms in total. The minimum absolute atomic E-state index is 0.0000562. The summed E-state index contributed by atoms with van der Waals surface area (Å²) in [6, 6.07) is 8.29. The van der Waals surface area contributed by atoms with Crippen molar-refractivity contribution in [2.45, 2.75) is 0 Å². The smallest absolute Gasteiger partial charge is 0.230 e. The molecule has 0 saturated carbocycles. The van der Waals surface area contributed by atoms with Gasteiger partial charge in [0.1, 0.15) is 17.6 Å². The van der Waals surface area contributed by atoms with Crippen molar-refractivity contribution in [3.8, 4) is 11.8 Å². The van der Waals surface area contributed by atoms with Gasteiger partial charge in [-0.1, -0.05) is 6.07 Å². The summed E-state index contributed by atoms with van der Waals surface area (Å²) in [7, 11) is 3.50. The molecule has 26 heavy (non-hydrogen) atoms. The Bertz CT molecular complexity index is 1000. The van der Waals surface area contributed by atoms with Crippen LogP contribution in [0.25, 0.3) is 17.3 Å². The Morgan fingerprint density at radius 2 is 2.12 bits per heavy atom. The number of allylic oxidation sites excluding steroid dienone is 1. The van der Waals surface area contributed by atoms with Crippen LogP contribution >= 0.6 is 0 Å². The summed E-state index contributed by atoms with van der Waals surface area (Å²) in [6.45, 7) is 0. The van der Waals surface area contributed by atoms with Crippen molar-refractivity contribution in [1.82, 2.24) is 24.7 Å². The number of hydrogen-bond donors (Lipinski definition) is 1. The number of nitrogen functional groups attached to an aromatic ring is 1. The predicted molar refractivity (Wildman–Crippen MR) is 95.6 cm³/mol. The first kappa shape index (κ1) is 17.0. The molecular formula is C17H15FN8. The zero-order chi connectivity index (χ0) is 18.7. The first-order chi connectivity index (χ1) is 12.5. The lowest BCUT2D eigenvalue weighted by Crippen LogP contribution is -2.15. The number of hydrogen-bond acceptors (Lipinski definition) is 7. The van der Waals surface area contributed by atoms with Gasteiger partial charge in [0.05, 0.1) is 5.57 Å². The van der Waals surface area contributed by atoms with E-state index in [2.05, 4.69) is 20.1 Å². The van der Waals surface area contributed by atoms with Crippen LogP contribution in [-0.2, 0) is 0 Å². The summed E-state index contributed by atoms with van der Waals surface area (Å²) >= 11 is 0. The lowest BCUT2D eigenvalue weighted by atomic mass is 10.1. The Morgan fingerprint density at radius 3 is 2.73 bits per heavy atom. The highest BCUT2D eigenvalue weighted by molar-refractivity contribution is 5.87. The molecule has 2 aromatic heterocycles. The zero-order valence-corrected chi connectivity index (χ0v) is 14.1. The van der Waals surface area contributed by atoms with Gasteiger partial charge in [0.15, 0.2) is 5.82 Å². The first-order valence-electron chi connectivity index (χ1n) is 7.58. The molecule has 1 aromatic carbocycles. The summed E-state index contributed by atoms with van der Waals surface area (Å²) in [5.74, 6) is -0.0157. The molecule has 0 unspecified atom stereocenters. The Morgan fingerprint density at radius 1 is 1.31 bits per heavy atom. The monoisotopic (exact) mass is 350 g/mol. The third kappa shape index (κ3) is 3.49. The number of anilines is 2. The molecule has 0 fully saturated rings. The minimum atomic E-state index is -0.469. The molecule has 3 aromatic rings. The maximum Gasteiger partial charge on any atom is 0.230 e. The summed E-state index contributed by atoms with van der Waals surface area (Å²) in [4.78, 5) is 13.8. The van der Waals surface area contributed by atoms with E-state index in [9.17, 15) is 9.65 Å². The van der Waals surface area contributed by atoms with Gasteiger partial charge in [-0.2, -0.15) is 25.3 Å². The molecule has 0 amide bonds. The first-order valence-corrected chi connectivity index (χ1v) is 7.58. The van der Waals surface area contributed by atoms with E-state index < -0.39 is 5.82 Å². The fourth-order valence-electron chi connectivity index (χ4n) is 2.22. The second kappa shape index (κ2) is 6.98. The van der Waals surface area contributed by atoms with Crippen molar-refractivity contribution in [1.29, 1.82) is 5.26 Å². The van der Waals surface area contributed by atoms with Crippen LogP contribution in [0.2, 0.25) is 0 Å². The van der Waals surface area contributed by atoms with Crippen LogP contribution in [0.5, 0.6) is 0 Å². The van der Waals surface area contributed by atoms with Crippen LogP contribution in [0, 0.1) is 17.1 Å². The van der Waals surface area contributed by atoms with Crippen LogP contribution in [-0.4, -0.2) is 38.8 Å². The molecule has 0 aliphatic heterocycles. The molecule has 0 radical (unpaired) electrons. The van der Waals surface area contributed by atoms with Crippen molar-refractivity contribution in [3.05, 3.63) is 53.9 Å². The Kier molecular flexibility index (Phi) is 4.57. The molecule has 2 N–H and O–H groups in total. The lowest BCUT2D eigenvalue weighted by molar-refractivity contribution is 0.610. The highest BCUT2D eigenvalue weighted by Crippen LogP contribution is 2.20. The zero-order valence-electron chi connectivity index (χ0n) is 14.1. The second-order valence-corrected chi connectivity index (χ2v) is 5.54. The van der Waals surface area contributed by atoms with Crippen molar-refractivity contribution in [2.75, 3.05) is 24.7 Å². The third-order valence-corrected chi connectivity index (χ3v) is 3.44. The van der Waals surface area contributed by atoms with Gasteiger partial charge in [-0.25, -0.2) is 9.07 Å². The van der Waals surface area contributed by atoms with Gasteiger partial charge in [-0.15, -0.1) is 0 Å².